The predicted molar refractivity (Wildman–Crippen MR) is 120 cm³/mol. The largest absolute Gasteiger partial charge is 0.469 e. The molecule has 0 spiro atoms. The van der Waals surface area contributed by atoms with Crippen LogP contribution in [0.5, 0.6) is 5.19 Å². The van der Waals surface area contributed by atoms with Crippen LogP contribution >= 0.6 is 11.3 Å². The lowest BCUT2D eigenvalue weighted by atomic mass is 10.1. The third kappa shape index (κ3) is 5.94. The van der Waals surface area contributed by atoms with Gasteiger partial charge in [-0.05, 0) is 41.9 Å². The molecule has 1 atom stereocenters. The molecule has 2 heterocycles. The maximum atomic E-state index is 12.7. The zero-order valence-corrected chi connectivity index (χ0v) is 19.2. The van der Waals surface area contributed by atoms with Crippen molar-refractivity contribution in [2.45, 2.75) is 58.6 Å². The first kappa shape index (κ1) is 23.0. The first-order valence-corrected chi connectivity index (χ1v) is 11.7. The Labute approximate surface area is 187 Å². The van der Waals surface area contributed by atoms with Crippen LogP contribution in [-0.4, -0.2) is 53.5 Å². The molecule has 9 heteroatoms. The van der Waals surface area contributed by atoms with E-state index in [4.69, 9.17) is 9.47 Å². The molecule has 0 aliphatic carbocycles. The summed E-state index contributed by atoms with van der Waals surface area (Å²) in [6.07, 6.45) is 5.51. The number of amides is 2. The highest BCUT2D eigenvalue weighted by Gasteiger charge is 2.41. The highest BCUT2D eigenvalue weighted by molar-refractivity contribution is 7.17. The average molecular weight is 447 g/mol. The quantitative estimate of drug-likeness (QED) is 0.373. The summed E-state index contributed by atoms with van der Waals surface area (Å²) in [6, 6.07) is 7.11. The second-order valence-corrected chi connectivity index (χ2v) is 8.52. The molecule has 3 rings (SSSR count). The van der Waals surface area contributed by atoms with Crippen LogP contribution in [0.25, 0.3) is 0 Å². The smallest absolute Gasteiger partial charge is 0.340 e. The van der Waals surface area contributed by atoms with Gasteiger partial charge in [0.15, 0.2) is 0 Å². The van der Waals surface area contributed by atoms with Crippen LogP contribution in [0.4, 0.5) is 9.93 Å². The molecule has 1 unspecified atom stereocenters. The molecule has 1 aliphatic rings. The van der Waals surface area contributed by atoms with Crippen molar-refractivity contribution in [3.05, 3.63) is 35.4 Å². The number of hydrogen-bond donors (Lipinski definition) is 0. The molecular formula is C22H30N4O4S. The fourth-order valence-electron chi connectivity index (χ4n) is 3.38. The number of nitrogens with zero attached hydrogens (tertiary/aromatic N) is 4. The first-order valence-electron chi connectivity index (χ1n) is 10.8. The topological polar surface area (TPSA) is 84.9 Å². The van der Waals surface area contributed by atoms with Crippen molar-refractivity contribution in [3.8, 4) is 5.19 Å². The number of aromatic nitrogens is 2. The van der Waals surface area contributed by atoms with Gasteiger partial charge in [-0.1, -0.05) is 56.8 Å². The van der Waals surface area contributed by atoms with Crippen molar-refractivity contribution < 1.29 is 19.1 Å². The molecule has 0 radical (unpaired) electrons. The van der Waals surface area contributed by atoms with E-state index in [0.717, 1.165) is 37.7 Å². The normalized spacial score (nSPS) is 16.1. The molecule has 1 aromatic heterocycles. The van der Waals surface area contributed by atoms with Crippen LogP contribution in [-0.2, 0) is 11.2 Å². The number of rotatable bonds is 11. The van der Waals surface area contributed by atoms with E-state index >= 15 is 0 Å². The molecular weight excluding hydrogens is 416 g/mol. The Morgan fingerprint density at radius 2 is 2.03 bits per heavy atom. The second-order valence-electron chi connectivity index (χ2n) is 7.60. The summed E-state index contributed by atoms with van der Waals surface area (Å²) in [4.78, 5) is 28.3. The molecule has 1 aliphatic heterocycles. The van der Waals surface area contributed by atoms with Crippen LogP contribution in [0.2, 0.25) is 0 Å². The maximum Gasteiger partial charge on any atom is 0.340 e. The Balaban J connectivity index is 1.66. The van der Waals surface area contributed by atoms with Gasteiger partial charge in [-0.2, -0.15) is 0 Å². The van der Waals surface area contributed by atoms with Crippen LogP contribution in [0, 0.1) is 0 Å². The van der Waals surface area contributed by atoms with Gasteiger partial charge in [0.1, 0.15) is 0 Å². The van der Waals surface area contributed by atoms with Crippen LogP contribution < -0.4 is 9.64 Å². The molecule has 2 aromatic rings. The molecule has 8 nitrogen and oxygen atoms in total. The van der Waals surface area contributed by atoms with Gasteiger partial charge in [0.2, 0.25) is 11.4 Å². The Kier molecular flexibility index (Phi) is 8.22. The van der Waals surface area contributed by atoms with Crippen molar-refractivity contribution >= 4 is 28.5 Å². The number of unbranched alkanes of at least 4 members (excludes halogenated alkanes) is 3. The summed E-state index contributed by atoms with van der Waals surface area (Å²) < 4.78 is 11.4. The van der Waals surface area contributed by atoms with E-state index in [1.807, 2.05) is 18.2 Å². The molecule has 2 amide bonds. The minimum Gasteiger partial charge on any atom is -0.469 e. The number of hydrogen-bond acceptors (Lipinski definition) is 7. The van der Waals surface area contributed by atoms with Crippen LogP contribution in [0.15, 0.2) is 24.3 Å². The molecule has 0 N–H and O–H groups in total. The monoisotopic (exact) mass is 446 g/mol. The average Bonchev–Trinajstić information content (AvgIpc) is 3.32. The molecule has 1 aromatic carbocycles. The summed E-state index contributed by atoms with van der Waals surface area (Å²) in [5, 5.41) is 8.90. The van der Waals surface area contributed by atoms with Gasteiger partial charge in [-0.3, -0.25) is 0 Å². The van der Waals surface area contributed by atoms with Gasteiger partial charge in [0.25, 0.3) is 5.19 Å². The molecule has 1 fully saturated rings. The van der Waals surface area contributed by atoms with E-state index in [2.05, 4.69) is 24.0 Å². The summed E-state index contributed by atoms with van der Waals surface area (Å²) in [5.41, 5.74) is 1.56. The van der Waals surface area contributed by atoms with E-state index in [0.29, 0.717) is 22.5 Å². The zero-order valence-electron chi connectivity index (χ0n) is 18.4. The fourth-order valence-corrected chi connectivity index (χ4v) is 4.13. The third-order valence-electron chi connectivity index (χ3n) is 5.02. The van der Waals surface area contributed by atoms with Gasteiger partial charge in [0, 0.05) is 7.05 Å². The Bertz CT molecular complexity index is 888. The number of carbonyl (C=O) groups is 2. The minimum absolute atomic E-state index is 0.256. The third-order valence-corrected chi connectivity index (χ3v) is 5.86. The number of anilines is 1. The number of carbonyl (C=O) groups excluding carboxylic acids is 2. The number of aryl methyl sites for hydroxylation is 1. The van der Waals surface area contributed by atoms with Gasteiger partial charge in [-0.15, -0.1) is 5.10 Å². The molecule has 168 valence electrons. The van der Waals surface area contributed by atoms with Crippen molar-refractivity contribution in [1.29, 1.82) is 0 Å². The van der Waals surface area contributed by atoms with Gasteiger partial charge in [0.05, 0.1) is 18.7 Å². The van der Waals surface area contributed by atoms with Gasteiger partial charge in [-0.25, -0.2) is 14.5 Å². The van der Waals surface area contributed by atoms with Crippen molar-refractivity contribution in [2.24, 2.45) is 0 Å². The van der Waals surface area contributed by atoms with E-state index in [1.54, 1.807) is 13.1 Å². The lowest BCUT2D eigenvalue weighted by Gasteiger charge is -2.19. The first-order chi connectivity index (χ1) is 15.0. The Hall–Kier alpha value is -2.68. The minimum atomic E-state index is -0.773. The van der Waals surface area contributed by atoms with E-state index < -0.39 is 12.2 Å². The lowest BCUT2D eigenvalue weighted by Crippen LogP contribution is -2.37. The molecule has 0 saturated carbocycles. The Morgan fingerprint density at radius 1 is 1.19 bits per heavy atom. The highest BCUT2D eigenvalue weighted by Crippen LogP contribution is 2.31. The molecule has 0 bridgehead atoms. The fraction of sp³-hybridized carbons (Fsp3) is 0.545. The lowest BCUT2D eigenvalue weighted by molar-refractivity contribution is 0.0331. The summed E-state index contributed by atoms with van der Waals surface area (Å²) in [6.45, 7) is 5.07. The molecule has 1 saturated heterocycles. The zero-order chi connectivity index (χ0) is 22.2. The highest BCUT2D eigenvalue weighted by atomic mass is 32.1. The van der Waals surface area contributed by atoms with Crippen LogP contribution in [0.1, 0.15) is 61.9 Å². The maximum absolute atomic E-state index is 12.7. The molecule has 31 heavy (non-hydrogen) atoms. The number of benzene rings is 1. The number of ether oxygens (including phenoxy) is 2. The van der Waals surface area contributed by atoms with E-state index in [1.165, 1.54) is 27.6 Å². The second kappa shape index (κ2) is 11.1. The van der Waals surface area contributed by atoms with Crippen molar-refractivity contribution in [2.75, 3.05) is 25.1 Å². The van der Waals surface area contributed by atoms with Crippen molar-refractivity contribution in [1.82, 2.24) is 15.1 Å². The van der Waals surface area contributed by atoms with Gasteiger partial charge >= 0.3 is 12.0 Å². The number of likely N-dealkylation sites (N-methyl/N-ethyl adjacent to an activating group) is 1. The summed E-state index contributed by atoms with van der Waals surface area (Å²) >= 11 is 1.18. The van der Waals surface area contributed by atoms with E-state index in [-0.39, 0.29) is 12.6 Å². The van der Waals surface area contributed by atoms with Crippen LogP contribution in [0.3, 0.4) is 0 Å². The summed E-state index contributed by atoms with van der Waals surface area (Å²) in [7, 11) is 1.66. The number of esters is 1. The SMILES string of the molecule is CCCCCCOc1nnc(N2C(=O)N(C)CC2OC(=O)c2cccc(CCC)c2)s1. The standard InChI is InChI=1S/C22H30N4O4S/c1-4-6-7-8-13-29-21-24-23-20(31-21)26-18(15-25(3)22(26)28)30-19(27)17-12-9-11-16(14-17)10-5-2/h9,11-12,14,18H,4-8,10,13,15H2,1-3H3. The van der Waals surface area contributed by atoms with Crippen molar-refractivity contribution in [3.63, 3.8) is 0 Å². The summed E-state index contributed by atoms with van der Waals surface area (Å²) in [5.74, 6) is -0.465. The van der Waals surface area contributed by atoms with E-state index in [9.17, 15) is 9.59 Å². The number of urea groups is 1. The predicted octanol–water partition coefficient (Wildman–Crippen LogP) is 4.50. The van der Waals surface area contributed by atoms with Gasteiger partial charge < -0.3 is 14.4 Å². The Morgan fingerprint density at radius 3 is 2.81 bits per heavy atom.